The smallest absolute Gasteiger partial charge is 0.115 e. The SMILES string of the molecule is Cl.FCc1cccc(COC2C[C@H]3CC[C@@H](C2)N3)c1. The van der Waals surface area contributed by atoms with Gasteiger partial charge in [0.2, 0.25) is 0 Å². The van der Waals surface area contributed by atoms with Crippen molar-refractivity contribution in [3.63, 3.8) is 0 Å². The molecule has 2 fully saturated rings. The number of hydrogen-bond donors (Lipinski definition) is 1. The number of alkyl halides is 1. The van der Waals surface area contributed by atoms with Crippen LogP contribution in [0.3, 0.4) is 0 Å². The molecule has 3 atom stereocenters. The Kier molecular flexibility index (Phi) is 5.20. The van der Waals surface area contributed by atoms with Crippen LogP contribution >= 0.6 is 12.4 Å². The topological polar surface area (TPSA) is 21.3 Å². The van der Waals surface area contributed by atoms with Gasteiger partial charge in [-0.15, -0.1) is 12.4 Å². The minimum Gasteiger partial charge on any atom is -0.373 e. The minimum absolute atomic E-state index is 0. The molecular formula is C15H21ClFNO. The molecule has 19 heavy (non-hydrogen) atoms. The first kappa shape index (κ1) is 14.8. The second-order valence-corrected chi connectivity index (χ2v) is 5.50. The predicted molar refractivity (Wildman–Crippen MR) is 76.3 cm³/mol. The van der Waals surface area contributed by atoms with Crippen LogP contribution in [0.4, 0.5) is 4.39 Å². The summed E-state index contributed by atoms with van der Waals surface area (Å²) < 4.78 is 18.5. The van der Waals surface area contributed by atoms with Crippen LogP contribution in [-0.4, -0.2) is 18.2 Å². The average Bonchev–Trinajstić information content (AvgIpc) is 2.76. The number of benzene rings is 1. The summed E-state index contributed by atoms with van der Waals surface area (Å²) in [5.74, 6) is 0. The van der Waals surface area contributed by atoms with Gasteiger partial charge in [-0.25, -0.2) is 4.39 Å². The van der Waals surface area contributed by atoms with Crippen LogP contribution in [0.5, 0.6) is 0 Å². The minimum atomic E-state index is -0.397. The van der Waals surface area contributed by atoms with E-state index in [9.17, 15) is 4.39 Å². The van der Waals surface area contributed by atoms with Gasteiger partial charge in [-0.1, -0.05) is 24.3 Å². The van der Waals surface area contributed by atoms with Gasteiger partial charge >= 0.3 is 0 Å². The summed E-state index contributed by atoms with van der Waals surface area (Å²) in [5, 5.41) is 3.61. The van der Waals surface area contributed by atoms with Crippen LogP contribution in [0.1, 0.15) is 36.8 Å². The number of halogens is 2. The van der Waals surface area contributed by atoms with Gasteiger partial charge < -0.3 is 10.1 Å². The highest BCUT2D eigenvalue weighted by molar-refractivity contribution is 5.85. The normalized spacial score (nSPS) is 29.0. The third kappa shape index (κ3) is 3.68. The lowest BCUT2D eigenvalue weighted by Gasteiger charge is -2.29. The van der Waals surface area contributed by atoms with E-state index in [0.29, 0.717) is 24.8 Å². The van der Waals surface area contributed by atoms with E-state index in [-0.39, 0.29) is 12.4 Å². The van der Waals surface area contributed by atoms with Crippen LogP contribution < -0.4 is 5.32 Å². The van der Waals surface area contributed by atoms with Gasteiger partial charge in [0.05, 0.1) is 12.7 Å². The Labute approximate surface area is 120 Å². The lowest BCUT2D eigenvalue weighted by molar-refractivity contribution is 0.00914. The van der Waals surface area contributed by atoms with Crippen molar-refractivity contribution in [1.82, 2.24) is 5.32 Å². The number of hydrogen-bond acceptors (Lipinski definition) is 2. The molecular weight excluding hydrogens is 265 g/mol. The first-order valence-electron chi connectivity index (χ1n) is 6.85. The number of fused-ring (bicyclic) bond motifs is 2. The molecule has 4 heteroatoms. The molecule has 0 amide bonds. The van der Waals surface area contributed by atoms with E-state index in [1.54, 1.807) is 0 Å². The van der Waals surface area contributed by atoms with E-state index in [4.69, 9.17) is 4.74 Å². The lowest BCUT2D eigenvalue weighted by Crippen LogP contribution is -2.41. The molecule has 1 N–H and O–H groups in total. The Hall–Kier alpha value is -0.640. The zero-order chi connectivity index (χ0) is 12.4. The summed E-state index contributed by atoms with van der Waals surface area (Å²) in [4.78, 5) is 0. The van der Waals surface area contributed by atoms with Gasteiger partial charge in [0, 0.05) is 12.1 Å². The van der Waals surface area contributed by atoms with Crippen molar-refractivity contribution in [2.45, 2.75) is 57.2 Å². The van der Waals surface area contributed by atoms with Gasteiger partial charge in [0.15, 0.2) is 0 Å². The Morgan fingerprint density at radius 2 is 1.84 bits per heavy atom. The molecule has 0 aromatic heterocycles. The van der Waals surface area contributed by atoms with Gasteiger partial charge in [0.25, 0.3) is 0 Å². The summed E-state index contributed by atoms with van der Waals surface area (Å²) in [7, 11) is 0. The fourth-order valence-electron chi connectivity index (χ4n) is 3.16. The molecule has 2 aliphatic heterocycles. The first-order valence-corrected chi connectivity index (χ1v) is 6.85. The molecule has 3 rings (SSSR count). The maximum Gasteiger partial charge on any atom is 0.115 e. The number of rotatable bonds is 4. The van der Waals surface area contributed by atoms with E-state index in [2.05, 4.69) is 5.32 Å². The zero-order valence-electron chi connectivity index (χ0n) is 11.0. The second-order valence-electron chi connectivity index (χ2n) is 5.50. The maximum atomic E-state index is 12.6. The molecule has 2 saturated heterocycles. The van der Waals surface area contributed by atoms with Crippen molar-refractivity contribution >= 4 is 12.4 Å². The maximum absolute atomic E-state index is 12.6. The van der Waals surface area contributed by atoms with E-state index in [1.165, 1.54) is 12.8 Å². The molecule has 2 aliphatic rings. The Morgan fingerprint density at radius 3 is 2.53 bits per heavy atom. The summed E-state index contributed by atoms with van der Waals surface area (Å²) in [5.41, 5.74) is 1.82. The lowest BCUT2D eigenvalue weighted by atomic mass is 10.0. The quantitative estimate of drug-likeness (QED) is 0.916. The van der Waals surface area contributed by atoms with Crippen molar-refractivity contribution in [1.29, 1.82) is 0 Å². The molecule has 0 spiro atoms. The Balaban J connectivity index is 0.00000133. The van der Waals surface area contributed by atoms with Crippen molar-refractivity contribution < 1.29 is 9.13 Å². The van der Waals surface area contributed by atoms with E-state index < -0.39 is 6.67 Å². The van der Waals surface area contributed by atoms with Gasteiger partial charge in [-0.05, 0) is 36.8 Å². The highest BCUT2D eigenvalue weighted by atomic mass is 35.5. The molecule has 0 saturated carbocycles. The van der Waals surface area contributed by atoms with Crippen LogP contribution in [0.25, 0.3) is 0 Å². The number of piperidine rings is 1. The molecule has 2 nitrogen and oxygen atoms in total. The molecule has 1 aromatic rings. The third-order valence-corrected chi connectivity index (χ3v) is 4.06. The highest BCUT2D eigenvalue weighted by Gasteiger charge is 2.33. The average molecular weight is 286 g/mol. The predicted octanol–water partition coefficient (Wildman–Crippen LogP) is 3.38. The number of ether oxygens (including phenoxy) is 1. The van der Waals surface area contributed by atoms with Crippen molar-refractivity contribution in [2.75, 3.05) is 0 Å². The standard InChI is InChI=1S/C15H20FNO.ClH/c16-9-11-2-1-3-12(6-11)10-18-15-7-13-4-5-14(8-15)17-13;/h1-3,6,13-15,17H,4-5,7-10H2;1H/t13-,14+,15?;. The van der Waals surface area contributed by atoms with Gasteiger partial charge in [0.1, 0.15) is 6.67 Å². The second kappa shape index (κ2) is 6.69. The molecule has 0 aliphatic carbocycles. The molecule has 0 radical (unpaired) electrons. The summed E-state index contributed by atoms with van der Waals surface area (Å²) in [6.45, 7) is 0.212. The van der Waals surface area contributed by atoms with Crippen molar-refractivity contribution in [3.05, 3.63) is 35.4 Å². The Morgan fingerprint density at radius 1 is 1.16 bits per heavy atom. The summed E-state index contributed by atoms with van der Waals surface area (Å²) in [6, 6.07) is 8.94. The summed E-state index contributed by atoms with van der Waals surface area (Å²) in [6.07, 6.45) is 5.21. The summed E-state index contributed by atoms with van der Waals surface area (Å²) >= 11 is 0. The van der Waals surface area contributed by atoms with Crippen LogP contribution in [0.15, 0.2) is 24.3 Å². The van der Waals surface area contributed by atoms with E-state index in [0.717, 1.165) is 24.0 Å². The fourth-order valence-corrected chi connectivity index (χ4v) is 3.16. The molecule has 2 heterocycles. The molecule has 2 bridgehead atoms. The molecule has 1 aromatic carbocycles. The van der Waals surface area contributed by atoms with Gasteiger partial charge in [-0.3, -0.25) is 0 Å². The third-order valence-electron chi connectivity index (χ3n) is 4.06. The van der Waals surface area contributed by atoms with Crippen LogP contribution in [0.2, 0.25) is 0 Å². The fraction of sp³-hybridized carbons (Fsp3) is 0.600. The number of nitrogens with one attached hydrogen (secondary N) is 1. The van der Waals surface area contributed by atoms with Gasteiger partial charge in [-0.2, -0.15) is 0 Å². The Bertz CT molecular complexity index is 403. The monoisotopic (exact) mass is 285 g/mol. The van der Waals surface area contributed by atoms with E-state index in [1.807, 2.05) is 24.3 Å². The molecule has 1 unspecified atom stereocenters. The first-order chi connectivity index (χ1) is 8.83. The van der Waals surface area contributed by atoms with Crippen molar-refractivity contribution in [3.8, 4) is 0 Å². The van der Waals surface area contributed by atoms with Crippen LogP contribution in [0, 0.1) is 0 Å². The van der Waals surface area contributed by atoms with E-state index >= 15 is 0 Å². The largest absolute Gasteiger partial charge is 0.373 e. The zero-order valence-corrected chi connectivity index (χ0v) is 11.8. The van der Waals surface area contributed by atoms with Crippen molar-refractivity contribution in [2.24, 2.45) is 0 Å². The van der Waals surface area contributed by atoms with Crippen LogP contribution in [-0.2, 0) is 18.0 Å². The molecule has 106 valence electrons. The highest BCUT2D eigenvalue weighted by Crippen LogP contribution is 2.29.